The number of esters is 3. The van der Waals surface area contributed by atoms with Crippen molar-refractivity contribution in [3.8, 4) is 11.5 Å². The number of fused-ring (bicyclic) bond motifs is 2. The topological polar surface area (TPSA) is 186 Å². The average molecular weight is 513 g/mol. The van der Waals surface area contributed by atoms with E-state index in [2.05, 4.69) is 5.32 Å². The van der Waals surface area contributed by atoms with Crippen LogP contribution in [-0.4, -0.2) is 83.8 Å². The first-order valence-electron chi connectivity index (χ1n) is 10.4. The van der Waals surface area contributed by atoms with Gasteiger partial charge in [-0.05, 0) is 31.0 Å². The van der Waals surface area contributed by atoms with Gasteiger partial charge in [0.15, 0.2) is 11.5 Å². The zero-order valence-electron chi connectivity index (χ0n) is 18.8. The van der Waals surface area contributed by atoms with Gasteiger partial charge in [0, 0.05) is 26.0 Å². The van der Waals surface area contributed by atoms with Crippen LogP contribution < -0.4 is 14.8 Å². The molecule has 190 valence electrons. The Kier molecular flexibility index (Phi) is 7.60. The van der Waals surface area contributed by atoms with Crippen LogP contribution in [0.2, 0.25) is 0 Å². The van der Waals surface area contributed by atoms with E-state index in [9.17, 15) is 36.9 Å². The smallest absolute Gasteiger partial charge is 0.363 e. The molecule has 3 amide bonds. The molecule has 2 atom stereocenters. The molecule has 35 heavy (non-hydrogen) atoms. The van der Waals surface area contributed by atoms with Crippen molar-refractivity contribution >= 4 is 40.2 Å². The number of rotatable bonds is 8. The van der Waals surface area contributed by atoms with Gasteiger partial charge in [0.2, 0.25) is 0 Å². The summed E-state index contributed by atoms with van der Waals surface area (Å²) in [4.78, 5) is 60.6. The monoisotopic (exact) mass is 513 g/mol. The molecule has 2 aliphatic heterocycles. The maximum absolute atomic E-state index is 12.4. The van der Waals surface area contributed by atoms with Crippen LogP contribution in [0.25, 0.3) is 0 Å². The van der Waals surface area contributed by atoms with Crippen molar-refractivity contribution in [1.29, 1.82) is 0 Å². The van der Waals surface area contributed by atoms with Crippen LogP contribution >= 0.6 is 0 Å². The average Bonchev–Trinajstić information content (AvgIpc) is 3.01. The van der Waals surface area contributed by atoms with Crippen molar-refractivity contribution in [2.45, 2.75) is 38.8 Å². The van der Waals surface area contributed by atoms with Gasteiger partial charge in [-0.1, -0.05) is 0 Å². The fourth-order valence-corrected chi connectivity index (χ4v) is 4.66. The zero-order valence-corrected chi connectivity index (χ0v) is 19.6. The molecule has 2 N–H and O–H groups in total. The summed E-state index contributed by atoms with van der Waals surface area (Å²) in [6.45, 7) is 1.93. The third kappa shape index (κ3) is 6.05. The lowest BCUT2D eigenvalue weighted by Gasteiger charge is -2.28. The molecule has 0 unspecified atom stereocenters. The molecule has 2 saturated heterocycles. The van der Waals surface area contributed by atoms with E-state index in [0.29, 0.717) is 4.31 Å². The minimum Gasteiger partial charge on any atom is -0.462 e. The van der Waals surface area contributed by atoms with Crippen molar-refractivity contribution < 1.29 is 51.2 Å². The number of hydrogen-bond acceptors (Lipinski definition) is 10. The molecule has 15 heteroatoms. The minimum atomic E-state index is -4.74. The Balaban J connectivity index is 1.53. The number of hydrogen-bond donors (Lipinski definition) is 2. The summed E-state index contributed by atoms with van der Waals surface area (Å²) in [5.41, 5.74) is 0.0785. The molecule has 0 aliphatic carbocycles. The summed E-state index contributed by atoms with van der Waals surface area (Å²) in [6.07, 6.45) is 0.341. The number of carbonyl (C=O) groups excluding carboxylic acids is 5. The lowest BCUT2D eigenvalue weighted by Crippen LogP contribution is -2.46. The second-order valence-corrected chi connectivity index (χ2v) is 9.02. The van der Waals surface area contributed by atoms with E-state index in [1.165, 1.54) is 18.2 Å². The van der Waals surface area contributed by atoms with Gasteiger partial charge in [-0.15, -0.1) is 0 Å². The molecule has 1 aromatic rings. The van der Waals surface area contributed by atoms with E-state index < -0.39 is 52.2 Å². The maximum Gasteiger partial charge on any atom is 0.363 e. The summed E-state index contributed by atoms with van der Waals surface area (Å²) in [5.74, 6) is -2.87. The van der Waals surface area contributed by atoms with Gasteiger partial charge in [-0.25, -0.2) is 9.59 Å². The SMILES string of the molecule is CC(=O)Oc1ccc(C(=O)NCCOC(=O)[C@@H]2CC[C@@H]3CN2C(=O)N3S(=O)(=O)O)cc1OC(C)=O. The maximum atomic E-state index is 12.4. The largest absolute Gasteiger partial charge is 0.462 e. The van der Waals surface area contributed by atoms with E-state index in [-0.39, 0.29) is 49.6 Å². The first-order chi connectivity index (χ1) is 16.4. The van der Waals surface area contributed by atoms with Crippen LogP contribution in [0.1, 0.15) is 37.0 Å². The van der Waals surface area contributed by atoms with Crippen molar-refractivity contribution in [2.75, 3.05) is 19.7 Å². The number of nitrogens with one attached hydrogen (secondary N) is 1. The van der Waals surface area contributed by atoms with E-state index in [0.717, 1.165) is 18.7 Å². The third-order valence-corrected chi connectivity index (χ3v) is 6.14. The standard InChI is InChI=1S/C20H23N3O11S/c1-11(24)33-16-6-3-13(9-17(16)34-12(2)25)18(26)21-7-8-32-19(27)15-5-4-14-10-22(15)20(28)23(14)35(29,30)31/h3,6,9,14-15H,4-5,7-8,10H2,1-2H3,(H,21,26)(H,29,30,31)/t14-,15+/m1/s1. The Morgan fingerprint density at radius 2 is 1.74 bits per heavy atom. The normalized spacial score (nSPS) is 19.2. The third-order valence-electron chi connectivity index (χ3n) is 5.19. The number of amides is 3. The molecule has 1 aromatic carbocycles. The fourth-order valence-electron chi connectivity index (χ4n) is 3.81. The predicted molar refractivity (Wildman–Crippen MR) is 115 cm³/mol. The van der Waals surface area contributed by atoms with E-state index in [4.69, 9.17) is 14.2 Å². The highest BCUT2D eigenvalue weighted by Gasteiger charge is 2.51. The van der Waals surface area contributed by atoms with Crippen molar-refractivity contribution in [3.63, 3.8) is 0 Å². The van der Waals surface area contributed by atoms with Gasteiger partial charge < -0.3 is 24.4 Å². The minimum absolute atomic E-state index is 0.0386. The Morgan fingerprint density at radius 1 is 1.09 bits per heavy atom. The molecule has 2 fully saturated rings. The number of benzene rings is 1. The van der Waals surface area contributed by atoms with Gasteiger partial charge in [0.25, 0.3) is 5.91 Å². The summed E-state index contributed by atoms with van der Waals surface area (Å²) in [6, 6.07) is 1.08. The first kappa shape index (κ1) is 25.9. The Bertz CT molecular complexity index is 1170. The number of nitrogens with zero attached hydrogens (tertiary/aromatic N) is 2. The predicted octanol–water partition coefficient (Wildman–Crippen LogP) is -0.118. The molecule has 0 aromatic heterocycles. The molecular formula is C20H23N3O11S. The van der Waals surface area contributed by atoms with E-state index in [1.807, 2.05) is 0 Å². The van der Waals surface area contributed by atoms with Crippen LogP contribution in [-0.2, 0) is 29.4 Å². The quantitative estimate of drug-likeness (QED) is 0.204. The van der Waals surface area contributed by atoms with Crippen molar-refractivity contribution in [1.82, 2.24) is 14.5 Å². The number of carbonyl (C=O) groups is 5. The number of piperidine rings is 1. The Morgan fingerprint density at radius 3 is 2.37 bits per heavy atom. The zero-order chi connectivity index (χ0) is 25.9. The summed E-state index contributed by atoms with van der Waals surface area (Å²) >= 11 is 0. The van der Waals surface area contributed by atoms with Crippen molar-refractivity contribution in [3.05, 3.63) is 23.8 Å². The van der Waals surface area contributed by atoms with Crippen LogP contribution in [0, 0.1) is 0 Å². The highest BCUT2D eigenvalue weighted by molar-refractivity contribution is 7.84. The lowest BCUT2D eigenvalue weighted by atomic mass is 10.0. The van der Waals surface area contributed by atoms with Gasteiger partial charge in [0.1, 0.15) is 12.6 Å². The molecule has 14 nitrogen and oxygen atoms in total. The van der Waals surface area contributed by atoms with Crippen LogP contribution in [0.3, 0.4) is 0 Å². The van der Waals surface area contributed by atoms with Gasteiger partial charge >= 0.3 is 34.2 Å². The molecule has 0 spiro atoms. The summed E-state index contributed by atoms with van der Waals surface area (Å²) in [7, 11) is -4.74. The van der Waals surface area contributed by atoms with Crippen LogP contribution in [0.5, 0.6) is 11.5 Å². The number of urea groups is 1. The second kappa shape index (κ2) is 10.3. The molecule has 2 heterocycles. The van der Waals surface area contributed by atoms with Crippen LogP contribution in [0.4, 0.5) is 4.79 Å². The van der Waals surface area contributed by atoms with Crippen LogP contribution in [0.15, 0.2) is 18.2 Å². The van der Waals surface area contributed by atoms with Gasteiger partial charge in [-0.2, -0.15) is 12.7 Å². The van der Waals surface area contributed by atoms with Gasteiger partial charge in [0.05, 0.1) is 12.6 Å². The van der Waals surface area contributed by atoms with E-state index >= 15 is 0 Å². The fraction of sp³-hybridized carbons (Fsp3) is 0.450. The summed E-state index contributed by atoms with van der Waals surface area (Å²) < 4.78 is 47.5. The highest BCUT2D eigenvalue weighted by atomic mass is 32.2. The highest BCUT2D eigenvalue weighted by Crippen LogP contribution is 2.32. The molecule has 0 saturated carbocycles. The Labute approximate surface area is 200 Å². The molecule has 2 bridgehead atoms. The second-order valence-electron chi connectivity index (χ2n) is 7.73. The lowest BCUT2D eigenvalue weighted by molar-refractivity contribution is -0.149. The molecule has 3 rings (SSSR count). The van der Waals surface area contributed by atoms with Gasteiger partial charge in [-0.3, -0.25) is 18.9 Å². The van der Waals surface area contributed by atoms with E-state index in [1.54, 1.807) is 0 Å². The Hall–Kier alpha value is -3.72. The summed E-state index contributed by atoms with van der Waals surface area (Å²) in [5, 5.41) is 2.50. The number of ether oxygens (including phenoxy) is 3. The molecule has 0 radical (unpaired) electrons. The van der Waals surface area contributed by atoms with Crippen molar-refractivity contribution in [2.24, 2.45) is 0 Å². The first-order valence-corrected chi connectivity index (χ1v) is 11.8. The molecule has 2 aliphatic rings. The molecular weight excluding hydrogens is 490 g/mol.